The Balaban J connectivity index is 1.89. The van der Waals surface area contributed by atoms with Gasteiger partial charge in [-0.2, -0.15) is 0 Å². The van der Waals surface area contributed by atoms with Crippen molar-refractivity contribution >= 4 is 16.5 Å². The zero-order valence-corrected chi connectivity index (χ0v) is 11.2. The molecule has 0 spiro atoms. The number of rotatable bonds is 4. The summed E-state index contributed by atoms with van der Waals surface area (Å²) in [6.07, 6.45) is 7.36. The highest BCUT2D eigenvalue weighted by molar-refractivity contribution is 7.15. The molecule has 1 heterocycles. The maximum absolute atomic E-state index is 4.39. The fourth-order valence-corrected chi connectivity index (χ4v) is 2.99. The number of aromatic nitrogens is 1. The second kappa shape index (κ2) is 4.72. The van der Waals surface area contributed by atoms with Gasteiger partial charge in [0, 0.05) is 37.3 Å². The fraction of sp³-hybridized carbons (Fsp3) is 0.750. The first-order valence-electron chi connectivity index (χ1n) is 5.96. The molecule has 3 nitrogen and oxygen atoms in total. The number of anilines is 1. The van der Waals surface area contributed by atoms with Crippen LogP contribution in [0.15, 0.2) is 6.20 Å². The molecule has 1 saturated carbocycles. The van der Waals surface area contributed by atoms with E-state index in [-0.39, 0.29) is 0 Å². The van der Waals surface area contributed by atoms with Crippen LogP contribution in [-0.2, 0) is 6.54 Å². The summed E-state index contributed by atoms with van der Waals surface area (Å²) in [6.45, 7) is 3.30. The van der Waals surface area contributed by atoms with Crippen LogP contribution in [0, 0.1) is 0 Å². The lowest BCUT2D eigenvalue weighted by atomic mass is 10.0. The molecule has 16 heavy (non-hydrogen) atoms. The van der Waals surface area contributed by atoms with Crippen LogP contribution in [0.4, 0.5) is 5.13 Å². The number of hydrogen-bond donors (Lipinski definition) is 1. The highest BCUT2D eigenvalue weighted by Gasteiger charge is 2.27. The van der Waals surface area contributed by atoms with E-state index in [0.29, 0.717) is 5.54 Å². The Kier molecular flexibility index (Phi) is 3.50. The molecule has 1 N–H and O–H groups in total. The van der Waals surface area contributed by atoms with Crippen molar-refractivity contribution in [2.24, 2.45) is 0 Å². The quantitative estimate of drug-likeness (QED) is 0.875. The standard InChI is InChI=1S/C12H21N3S/c1-12(6-4-5-7-12)14-9-10-8-13-11(16-10)15(2)3/h8,14H,4-7,9H2,1-3H3. The van der Waals surface area contributed by atoms with E-state index in [1.54, 1.807) is 11.3 Å². The predicted molar refractivity (Wildman–Crippen MR) is 70.2 cm³/mol. The molecule has 1 aromatic heterocycles. The maximum Gasteiger partial charge on any atom is 0.185 e. The highest BCUT2D eigenvalue weighted by Crippen LogP contribution is 2.30. The number of thiazole rings is 1. The Morgan fingerprint density at radius 1 is 1.44 bits per heavy atom. The molecule has 90 valence electrons. The Morgan fingerprint density at radius 2 is 2.12 bits per heavy atom. The molecule has 0 radical (unpaired) electrons. The first-order chi connectivity index (χ1) is 7.59. The molecular formula is C12H21N3S. The molecule has 0 unspecified atom stereocenters. The molecule has 1 aromatic rings. The summed E-state index contributed by atoms with van der Waals surface area (Å²) in [5.74, 6) is 0. The summed E-state index contributed by atoms with van der Waals surface area (Å²) < 4.78 is 0. The van der Waals surface area contributed by atoms with Gasteiger partial charge in [-0.15, -0.1) is 11.3 Å². The largest absolute Gasteiger partial charge is 0.354 e. The van der Waals surface area contributed by atoms with Crippen molar-refractivity contribution in [3.8, 4) is 0 Å². The minimum atomic E-state index is 0.363. The molecule has 2 rings (SSSR count). The van der Waals surface area contributed by atoms with E-state index in [1.165, 1.54) is 30.6 Å². The van der Waals surface area contributed by atoms with E-state index in [2.05, 4.69) is 22.1 Å². The van der Waals surface area contributed by atoms with Crippen molar-refractivity contribution in [1.29, 1.82) is 0 Å². The van der Waals surface area contributed by atoms with Gasteiger partial charge < -0.3 is 10.2 Å². The Bertz CT molecular complexity index is 340. The normalized spacial score (nSPS) is 18.9. The Morgan fingerprint density at radius 3 is 2.69 bits per heavy atom. The minimum Gasteiger partial charge on any atom is -0.354 e. The predicted octanol–water partition coefficient (Wildman–Crippen LogP) is 2.63. The summed E-state index contributed by atoms with van der Waals surface area (Å²) in [4.78, 5) is 7.78. The monoisotopic (exact) mass is 239 g/mol. The van der Waals surface area contributed by atoms with Crippen LogP contribution >= 0.6 is 11.3 Å². The van der Waals surface area contributed by atoms with Crippen molar-refractivity contribution in [1.82, 2.24) is 10.3 Å². The van der Waals surface area contributed by atoms with Gasteiger partial charge in [0.25, 0.3) is 0 Å². The molecule has 0 aliphatic heterocycles. The van der Waals surface area contributed by atoms with Gasteiger partial charge in [-0.05, 0) is 19.8 Å². The van der Waals surface area contributed by atoms with E-state index in [9.17, 15) is 0 Å². The molecule has 0 atom stereocenters. The van der Waals surface area contributed by atoms with Gasteiger partial charge >= 0.3 is 0 Å². The zero-order chi connectivity index (χ0) is 11.6. The molecule has 0 saturated heterocycles. The topological polar surface area (TPSA) is 28.2 Å². The summed E-state index contributed by atoms with van der Waals surface area (Å²) in [6, 6.07) is 0. The van der Waals surface area contributed by atoms with Crippen molar-refractivity contribution in [2.75, 3.05) is 19.0 Å². The van der Waals surface area contributed by atoms with Crippen LogP contribution < -0.4 is 10.2 Å². The molecule has 1 aliphatic rings. The van der Waals surface area contributed by atoms with Crippen LogP contribution in [0.1, 0.15) is 37.5 Å². The SMILES string of the molecule is CN(C)c1ncc(CNC2(C)CCCC2)s1. The van der Waals surface area contributed by atoms with E-state index >= 15 is 0 Å². The van der Waals surface area contributed by atoms with Crippen molar-refractivity contribution < 1.29 is 0 Å². The number of nitrogens with one attached hydrogen (secondary N) is 1. The first kappa shape index (κ1) is 11.9. The molecule has 0 amide bonds. The van der Waals surface area contributed by atoms with Gasteiger partial charge in [0.15, 0.2) is 5.13 Å². The summed E-state index contributed by atoms with van der Waals surface area (Å²) >= 11 is 1.78. The maximum atomic E-state index is 4.39. The molecular weight excluding hydrogens is 218 g/mol. The molecule has 1 aliphatic carbocycles. The van der Waals surface area contributed by atoms with Gasteiger partial charge in [0.2, 0.25) is 0 Å². The van der Waals surface area contributed by atoms with Crippen LogP contribution in [-0.4, -0.2) is 24.6 Å². The van der Waals surface area contributed by atoms with Gasteiger partial charge in [-0.1, -0.05) is 12.8 Å². The van der Waals surface area contributed by atoms with Crippen LogP contribution in [0.3, 0.4) is 0 Å². The minimum absolute atomic E-state index is 0.363. The van der Waals surface area contributed by atoms with Crippen molar-refractivity contribution in [3.63, 3.8) is 0 Å². The second-order valence-electron chi connectivity index (χ2n) is 5.12. The van der Waals surface area contributed by atoms with Gasteiger partial charge in [-0.3, -0.25) is 0 Å². The van der Waals surface area contributed by atoms with E-state index in [4.69, 9.17) is 0 Å². The highest BCUT2D eigenvalue weighted by atomic mass is 32.1. The number of nitrogens with zero attached hydrogens (tertiary/aromatic N) is 2. The number of hydrogen-bond acceptors (Lipinski definition) is 4. The molecule has 0 bridgehead atoms. The summed E-state index contributed by atoms with van der Waals surface area (Å²) in [5.41, 5.74) is 0.363. The zero-order valence-electron chi connectivity index (χ0n) is 10.4. The van der Waals surface area contributed by atoms with Crippen LogP contribution in [0.2, 0.25) is 0 Å². The van der Waals surface area contributed by atoms with E-state index < -0.39 is 0 Å². The molecule has 4 heteroatoms. The van der Waals surface area contributed by atoms with Crippen LogP contribution in [0.25, 0.3) is 0 Å². The third kappa shape index (κ3) is 2.74. The average molecular weight is 239 g/mol. The molecule has 1 fully saturated rings. The molecule has 0 aromatic carbocycles. The average Bonchev–Trinajstić information content (AvgIpc) is 2.84. The summed E-state index contributed by atoms with van der Waals surface area (Å²) in [5, 5.41) is 4.77. The summed E-state index contributed by atoms with van der Waals surface area (Å²) in [7, 11) is 4.07. The third-order valence-corrected chi connectivity index (χ3v) is 4.49. The lowest BCUT2D eigenvalue weighted by molar-refractivity contribution is 0.364. The Labute approximate surface area is 102 Å². The van der Waals surface area contributed by atoms with Gasteiger partial charge in [0.1, 0.15) is 0 Å². The van der Waals surface area contributed by atoms with E-state index in [0.717, 1.165) is 11.7 Å². The fourth-order valence-electron chi connectivity index (χ4n) is 2.22. The second-order valence-corrected chi connectivity index (χ2v) is 6.22. The first-order valence-corrected chi connectivity index (χ1v) is 6.78. The Hall–Kier alpha value is -0.610. The van der Waals surface area contributed by atoms with E-state index in [1.807, 2.05) is 20.3 Å². The van der Waals surface area contributed by atoms with Crippen molar-refractivity contribution in [3.05, 3.63) is 11.1 Å². The smallest absolute Gasteiger partial charge is 0.185 e. The lowest BCUT2D eigenvalue weighted by Gasteiger charge is -2.24. The van der Waals surface area contributed by atoms with Crippen molar-refractivity contribution in [2.45, 2.75) is 44.7 Å². The third-order valence-electron chi connectivity index (χ3n) is 3.32. The van der Waals surface area contributed by atoms with Gasteiger partial charge in [-0.25, -0.2) is 4.98 Å². The van der Waals surface area contributed by atoms with Crippen LogP contribution in [0.5, 0.6) is 0 Å². The van der Waals surface area contributed by atoms with Gasteiger partial charge in [0.05, 0.1) is 0 Å². The lowest BCUT2D eigenvalue weighted by Crippen LogP contribution is -2.38.